The maximum atomic E-state index is 12.6. The molecule has 0 saturated carbocycles. The minimum atomic E-state index is -1.16. The Balaban J connectivity index is 1.72. The SMILES string of the molecule is COc1cncc(-c2cccc(-c3nc4cc(C)c(C(OC(C)(C)C)C(=O)O)c(-c5ccc(Cl)cc5)c4s3)c2)c1. The molecule has 0 amide bonds. The summed E-state index contributed by atoms with van der Waals surface area (Å²) in [5.74, 6) is -0.360. The predicted octanol–water partition coefficient (Wildman–Crippen LogP) is 8.60. The number of aromatic nitrogens is 2. The lowest BCUT2D eigenvalue weighted by molar-refractivity contribution is -0.160. The zero-order chi connectivity index (χ0) is 28.6. The van der Waals surface area contributed by atoms with Crippen LogP contribution in [0.1, 0.15) is 38.0 Å². The highest BCUT2D eigenvalue weighted by molar-refractivity contribution is 7.22. The van der Waals surface area contributed by atoms with Crippen LogP contribution in [0, 0.1) is 6.92 Å². The Morgan fingerprint density at radius 1 is 0.975 bits per heavy atom. The van der Waals surface area contributed by atoms with E-state index >= 15 is 0 Å². The molecule has 204 valence electrons. The lowest BCUT2D eigenvalue weighted by atomic mass is 9.91. The first-order valence-corrected chi connectivity index (χ1v) is 13.9. The van der Waals surface area contributed by atoms with Gasteiger partial charge >= 0.3 is 5.97 Å². The van der Waals surface area contributed by atoms with Crippen LogP contribution in [0.2, 0.25) is 5.02 Å². The quantitative estimate of drug-likeness (QED) is 0.210. The summed E-state index contributed by atoms with van der Waals surface area (Å²) >= 11 is 7.74. The van der Waals surface area contributed by atoms with Crippen LogP contribution in [0.4, 0.5) is 0 Å². The van der Waals surface area contributed by atoms with Crippen molar-refractivity contribution in [3.8, 4) is 38.6 Å². The highest BCUT2D eigenvalue weighted by Crippen LogP contribution is 2.44. The number of halogens is 1. The third-order valence-corrected chi connectivity index (χ3v) is 7.80. The molecule has 40 heavy (non-hydrogen) atoms. The lowest BCUT2D eigenvalue weighted by Gasteiger charge is -2.28. The van der Waals surface area contributed by atoms with Gasteiger partial charge < -0.3 is 14.6 Å². The summed E-state index contributed by atoms with van der Waals surface area (Å²) in [6.45, 7) is 7.47. The second kappa shape index (κ2) is 11.0. The zero-order valence-electron chi connectivity index (χ0n) is 22.9. The second-order valence-electron chi connectivity index (χ2n) is 10.5. The Labute approximate surface area is 242 Å². The van der Waals surface area contributed by atoms with E-state index in [4.69, 9.17) is 26.1 Å². The van der Waals surface area contributed by atoms with Crippen molar-refractivity contribution in [2.24, 2.45) is 0 Å². The van der Waals surface area contributed by atoms with Gasteiger partial charge in [0.25, 0.3) is 0 Å². The van der Waals surface area contributed by atoms with E-state index in [0.29, 0.717) is 16.3 Å². The average molecular weight is 573 g/mol. The Hall–Kier alpha value is -3.78. The fourth-order valence-corrected chi connectivity index (χ4v) is 5.93. The zero-order valence-corrected chi connectivity index (χ0v) is 24.4. The first-order valence-electron chi connectivity index (χ1n) is 12.7. The highest BCUT2D eigenvalue weighted by Gasteiger charge is 2.32. The summed E-state index contributed by atoms with van der Waals surface area (Å²) in [6, 6.07) is 19.4. The van der Waals surface area contributed by atoms with Crippen LogP contribution in [0.15, 0.2) is 73.1 Å². The van der Waals surface area contributed by atoms with Gasteiger partial charge in [0.1, 0.15) is 10.8 Å². The van der Waals surface area contributed by atoms with E-state index in [1.165, 1.54) is 11.3 Å². The van der Waals surface area contributed by atoms with Crippen molar-refractivity contribution in [1.29, 1.82) is 0 Å². The Bertz CT molecular complexity index is 1710. The highest BCUT2D eigenvalue weighted by atomic mass is 35.5. The summed E-state index contributed by atoms with van der Waals surface area (Å²) in [4.78, 5) is 21.9. The third-order valence-electron chi connectivity index (χ3n) is 6.41. The van der Waals surface area contributed by atoms with E-state index < -0.39 is 17.7 Å². The Kier molecular flexibility index (Phi) is 7.64. The van der Waals surface area contributed by atoms with Gasteiger partial charge in [0.05, 0.1) is 29.1 Å². The van der Waals surface area contributed by atoms with Crippen LogP contribution in [0.25, 0.3) is 43.0 Å². The van der Waals surface area contributed by atoms with Crippen molar-refractivity contribution in [2.75, 3.05) is 7.11 Å². The Morgan fingerprint density at radius 2 is 1.70 bits per heavy atom. The van der Waals surface area contributed by atoms with E-state index in [2.05, 4.69) is 11.1 Å². The van der Waals surface area contributed by atoms with Crippen molar-refractivity contribution < 1.29 is 19.4 Å². The Morgan fingerprint density at radius 3 is 2.38 bits per heavy atom. The average Bonchev–Trinajstić information content (AvgIpc) is 3.35. The largest absolute Gasteiger partial charge is 0.495 e. The van der Waals surface area contributed by atoms with Crippen LogP contribution in [0.3, 0.4) is 0 Å². The number of pyridine rings is 1. The van der Waals surface area contributed by atoms with Crippen LogP contribution in [-0.2, 0) is 9.53 Å². The number of fused-ring (bicyclic) bond motifs is 1. The molecule has 0 aliphatic carbocycles. The van der Waals surface area contributed by atoms with E-state index in [1.807, 2.05) is 82.3 Å². The molecule has 0 aliphatic heterocycles. The summed E-state index contributed by atoms with van der Waals surface area (Å²) in [7, 11) is 1.62. The topological polar surface area (TPSA) is 81.5 Å². The fraction of sp³-hybridized carbons (Fsp3) is 0.219. The van der Waals surface area contributed by atoms with E-state index in [-0.39, 0.29) is 0 Å². The molecule has 1 atom stereocenters. The number of ether oxygens (including phenoxy) is 2. The normalized spacial score (nSPS) is 12.4. The van der Waals surface area contributed by atoms with Crippen LogP contribution >= 0.6 is 22.9 Å². The fourth-order valence-electron chi connectivity index (χ4n) is 4.68. The maximum absolute atomic E-state index is 12.6. The van der Waals surface area contributed by atoms with Gasteiger partial charge in [0.2, 0.25) is 0 Å². The number of rotatable bonds is 7. The molecule has 2 aromatic heterocycles. The molecule has 6 nitrogen and oxygen atoms in total. The monoisotopic (exact) mass is 572 g/mol. The molecule has 0 radical (unpaired) electrons. The minimum Gasteiger partial charge on any atom is -0.495 e. The number of methoxy groups -OCH3 is 1. The van der Waals surface area contributed by atoms with Crippen LogP contribution in [0.5, 0.6) is 5.75 Å². The summed E-state index contributed by atoms with van der Waals surface area (Å²) in [5, 5.41) is 11.7. The van der Waals surface area contributed by atoms with Crippen molar-refractivity contribution in [2.45, 2.75) is 39.4 Å². The van der Waals surface area contributed by atoms with Gasteiger partial charge in [0.15, 0.2) is 6.10 Å². The molecular weight excluding hydrogens is 544 g/mol. The number of carboxylic acid groups (broad SMARTS) is 1. The number of hydrogen-bond donors (Lipinski definition) is 1. The first-order chi connectivity index (χ1) is 19.0. The van der Waals surface area contributed by atoms with Crippen molar-refractivity contribution in [1.82, 2.24) is 9.97 Å². The number of thiazole rings is 1. The second-order valence-corrected chi connectivity index (χ2v) is 11.9. The molecule has 0 spiro atoms. The molecule has 3 aromatic carbocycles. The molecule has 0 fully saturated rings. The van der Waals surface area contributed by atoms with Crippen LogP contribution < -0.4 is 4.74 Å². The van der Waals surface area contributed by atoms with Crippen molar-refractivity contribution in [3.05, 3.63) is 89.2 Å². The molecule has 5 rings (SSSR count). The smallest absolute Gasteiger partial charge is 0.337 e. The molecular formula is C32H29ClN2O4S. The van der Waals surface area contributed by atoms with Crippen molar-refractivity contribution >= 4 is 39.1 Å². The summed E-state index contributed by atoms with van der Waals surface area (Å²) < 4.78 is 12.4. The molecule has 1 unspecified atom stereocenters. The standard InChI is InChI=1S/C32H29ClN2O4S/c1-18-13-25-29(27(19-9-11-23(33)12-10-19)26(18)28(31(36)37)39-32(2,3)4)40-30(35-25)21-8-6-7-20(14-21)22-15-24(38-5)17-34-16-22/h6-17,28H,1-5H3,(H,36,37). The number of aliphatic carboxylic acids is 1. The van der Waals surface area contributed by atoms with Crippen LogP contribution in [-0.4, -0.2) is 33.8 Å². The number of aryl methyl sites for hydroxylation is 1. The number of hydrogen-bond acceptors (Lipinski definition) is 6. The predicted molar refractivity (Wildman–Crippen MR) is 161 cm³/mol. The summed E-state index contributed by atoms with van der Waals surface area (Å²) in [5.41, 5.74) is 6.04. The molecule has 0 saturated heterocycles. The molecule has 0 aliphatic rings. The van der Waals surface area contributed by atoms with Gasteiger partial charge in [-0.25, -0.2) is 9.78 Å². The van der Waals surface area contributed by atoms with E-state index in [0.717, 1.165) is 48.6 Å². The number of nitrogens with zero attached hydrogens (tertiary/aromatic N) is 2. The number of carbonyl (C=O) groups is 1. The van der Waals surface area contributed by atoms with Gasteiger partial charge in [-0.05, 0) is 74.7 Å². The van der Waals surface area contributed by atoms with Gasteiger partial charge in [-0.3, -0.25) is 4.98 Å². The van der Waals surface area contributed by atoms with E-state index in [1.54, 1.807) is 19.5 Å². The maximum Gasteiger partial charge on any atom is 0.337 e. The van der Waals surface area contributed by atoms with Crippen molar-refractivity contribution in [3.63, 3.8) is 0 Å². The molecule has 0 bridgehead atoms. The molecule has 8 heteroatoms. The van der Waals surface area contributed by atoms with Gasteiger partial charge in [-0.2, -0.15) is 0 Å². The van der Waals surface area contributed by atoms with E-state index in [9.17, 15) is 9.90 Å². The first kappa shape index (κ1) is 27.8. The lowest BCUT2D eigenvalue weighted by Crippen LogP contribution is -2.28. The van der Waals surface area contributed by atoms with Gasteiger partial charge in [-0.15, -0.1) is 11.3 Å². The molecule has 2 heterocycles. The number of carboxylic acids is 1. The van der Waals surface area contributed by atoms with Gasteiger partial charge in [-0.1, -0.05) is 41.9 Å². The molecule has 5 aromatic rings. The minimum absolute atomic E-state index is 0.601. The molecule has 1 N–H and O–H groups in total. The summed E-state index contributed by atoms with van der Waals surface area (Å²) in [6.07, 6.45) is 2.31. The number of benzene rings is 3. The van der Waals surface area contributed by atoms with Gasteiger partial charge in [0, 0.05) is 33.5 Å². The third kappa shape index (κ3) is 5.72.